The Kier molecular flexibility index (Phi) is 6.89. The molecular formula is C19H18ClFN4O2S. The number of benzene rings is 2. The highest BCUT2D eigenvalue weighted by Gasteiger charge is 2.12. The fraction of sp³-hybridized carbons (Fsp3) is 0.211. The Morgan fingerprint density at radius 2 is 1.89 bits per heavy atom. The van der Waals surface area contributed by atoms with Gasteiger partial charge in [-0.3, -0.25) is 4.79 Å². The van der Waals surface area contributed by atoms with Crippen molar-refractivity contribution in [1.29, 1.82) is 0 Å². The normalized spacial score (nSPS) is 10.7. The van der Waals surface area contributed by atoms with E-state index >= 15 is 0 Å². The number of ether oxygens (including phenoxy) is 1. The van der Waals surface area contributed by atoms with Crippen LogP contribution in [0.1, 0.15) is 11.4 Å². The number of carbonyl (C=O) groups excluding carboxylic acids is 1. The Balaban J connectivity index is 1.46. The van der Waals surface area contributed by atoms with E-state index in [0.29, 0.717) is 28.3 Å². The molecule has 0 saturated carbocycles. The van der Waals surface area contributed by atoms with Gasteiger partial charge in [-0.2, -0.15) is 0 Å². The fourth-order valence-electron chi connectivity index (χ4n) is 2.26. The zero-order valence-electron chi connectivity index (χ0n) is 15.1. The number of amides is 1. The van der Waals surface area contributed by atoms with Gasteiger partial charge in [0.15, 0.2) is 11.0 Å². The monoisotopic (exact) mass is 420 g/mol. The Hall–Kier alpha value is -2.58. The molecule has 0 aliphatic heterocycles. The molecule has 1 heterocycles. The minimum absolute atomic E-state index is 0.105. The number of halogens is 2. The number of thioether (sulfide) groups is 1. The second-order valence-corrected chi connectivity index (χ2v) is 7.27. The average molecular weight is 421 g/mol. The van der Waals surface area contributed by atoms with Crippen LogP contribution in [-0.2, 0) is 25.0 Å². The molecule has 0 bridgehead atoms. The summed E-state index contributed by atoms with van der Waals surface area (Å²) < 4.78 is 20.3. The van der Waals surface area contributed by atoms with Crippen molar-refractivity contribution in [2.75, 3.05) is 5.75 Å². The highest BCUT2D eigenvalue weighted by atomic mass is 35.5. The minimum atomic E-state index is -0.320. The van der Waals surface area contributed by atoms with Gasteiger partial charge in [-0.25, -0.2) is 4.39 Å². The van der Waals surface area contributed by atoms with Crippen molar-refractivity contribution < 1.29 is 13.9 Å². The van der Waals surface area contributed by atoms with E-state index in [1.807, 2.05) is 12.1 Å². The summed E-state index contributed by atoms with van der Waals surface area (Å²) in [5.74, 6) is 0.943. The smallest absolute Gasteiger partial charge is 0.230 e. The maximum atomic E-state index is 12.9. The Labute approximate surface area is 171 Å². The quantitative estimate of drug-likeness (QED) is 0.564. The van der Waals surface area contributed by atoms with Gasteiger partial charge in [-0.1, -0.05) is 35.5 Å². The average Bonchev–Trinajstić information content (AvgIpc) is 3.05. The summed E-state index contributed by atoms with van der Waals surface area (Å²) in [6.07, 6.45) is 0. The Bertz CT molecular complexity index is 932. The molecule has 0 radical (unpaired) electrons. The summed E-state index contributed by atoms with van der Waals surface area (Å²) in [4.78, 5) is 12.0. The van der Waals surface area contributed by atoms with E-state index in [4.69, 9.17) is 16.3 Å². The van der Waals surface area contributed by atoms with Crippen molar-refractivity contribution >= 4 is 29.3 Å². The molecule has 0 fully saturated rings. The molecule has 0 unspecified atom stereocenters. The number of aromatic nitrogens is 3. The summed E-state index contributed by atoms with van der Waals surface area (Å²) in [6.45, 7) is 0.630. The van der Waals surface area contributed by atoms with Gasteiger partial charge in [-0.15, -0.1) is 10.2 Å². The van der Waals surface area contributed by atoms with Gasteiger partial charge in [0.1, 0.15) is 18.2 Å². The molecule has 146 valence electrons. The molecule has 28 heavy (non-hydrogen) atoms. The number of rotatable bonds is 8. The number of nitrogens with one attached hydrogen (secondary N) is 1. The molecule has 2 aromatic carbocycles. The standard InChI is InChI=1S/C19H18ClFN4O2S/c1-25-17(11-27-16-8-6-15(21)7-9-16)23-24-19(25)28-12-18(26)22-10-13-2-4-14(20)5-3-13/h2-9H,10-12H2,1H3,(H,22,26). The van der Waals surface area contributed by atoms with Crippen LogP contribution in [0.25, 0.3) is 0 Å². The molecule has 0 spiro atoms. The molecule has 0 aliphatic rings. The van der Waals surface area contributed by atoms with Crippen molar-refractivity contribution in [2.24, 2.45) is 7.05 Å². The van der Waals surface area contributed by atoms with Gasteiger partial charge in [-0.05, 0) is 42.0 Å². The third-order valence-corrected chi connectivity index (χ3v) is 5.11. The van der Waals surface area contributed by atoms with Gasteiger partial charge in [0.25, 0.3) is 0 Å². The second kappa shape index (κ2) is 9.57. The largest absolute Gasteiger partial charge is 0.486 e. The van der Waals surface area contributed by atoms with Crippen LogP contribution in [0.3, 0.4) is 0 Å². The van der Waals surface area contributed by atoms with Crippen LogP contribution < -0.4 is 10.1 Å². The van der Waals surface area contributed by atoms with E-state index < -0.39 is 0 Å². The molecular weight excluding hydrogens is 403 g/mol. The lowest BCUT2D eigenvalue weighted by Gasteiger charge is -2.07. The maximum absolute atomic E-state index is 12.9. The van der Waals surface area contributed by atoms with Crippen molar-refractivity contribution in [2.45, 2.75) is 18.3 Å². The van der Waals surface area contributed by atoms with Crippen LogP contribution in [-0.4, -0.2) is 26.4 Å². The first-order chi connectivity index (χ1) is 13.5. The molecule has 1 aromatic heterocycles. The summed E-state index contributed by atoms with van der Waals surface area (Å²) in [6, 6.07) is 13.1. The summed E-state index contributed by atoms with van der Waals surface area (Å²) in [5, 5.41) is 12.3. The van der Waals surface area contributed by atoms with Crippen LogP contribution in [0, 0.1) is 5.82 Å². The third-order valence-electron chi connectivity index (χ3n) is 3.84. The van der Waals surface area contributed by atoms with Crippen LogP contribution in [0.2, 0.25) is 5.02 Å². The molecule has 6 nitrogen and oxygen atoms in total. The molecule has 0 saturated heterocycles. The molecule has 0 atom stereocenters. The zero-order valence-corrected chi connectivity index (χ0v) is 16.6. The number of hydrogen-bond acceptors (Lipinski definition) is 5. The molecule has 1 amide bonds. The van der Waals surface area contributed by atoms with E-state index in [-0.39, 0.29) is 24.1 Å². The highest BCUT2D eigenvalue weighted by molar-refractivity contribution is 7.99. The first kappa shape index (κ1) is 20.2. The summed E-state index contributed by atoms with van der Waals surface area (Å²) >= 11 is 7.13. The molecule has 3 rings (SSSR count). The number of carbonyl (C=O) groups is 1. The van der Waals surface area contributed by atoms with Crippen LogP contribution in [0.5, 0.6) is 5.75 Å². The zero-order chi connectivity index (χ0) is 19.9. The van der Waals surface area contributed by atoms with Gasteiger partial charge in [0, 0.05) is 18.6 Å². The summed E-state index contributed by atoms with van der Waals surface area (Å²) in [7, 11) is 1.80. The van der Waals surface area contributed by atoms with E-state index in [9.17, 15) is 9.18 Å². The maximum Gasteiger partial charge on any atom is 0.230 e. The topological polar surface area (TPSA) is 69.0 Å². The van der Waals surface area contributed by atoms with Gasteiger partial charge in [0.05, 0.1) is 5.75 Å². The van der Waals surface area contributed by atoms with Gasteiger partial charge >= 0.3 is 0 Å². The molecule has 3 aromatic rings. The summed E-state index contributed by atoms with van der Waals surface area (Å²) in [5.41, 5.74) is 0.974. The van der Waals surface area contributed by atoms with E-state index in [2.05, 4.69) is 15.5 Å². The minimum Gasteiger partial charge on any atom is -0.486 e. The van der Waals surface area contributed by atoms with E-state index in [0.717, 1.165) is 5.56 Å². The first-order valence-electron chi connectivity index (χ1n) is 8.42. The Morgan fingerprint density at radius 1 is 1.18 bits per heavy atom. The lowest BCUT2D eigenvalue weighted by molar-refractivity contribution is -0.118. The number of nitrogens with zero attached hydrogens (tertiary/aromatic N) is 3. The van der Waals surface area contributed by atoms with E-state index in [1.165, 1.54) is 23.9 Å². The van der Waals surface area contributed by atoms with Crippen molar-refractivity contribution in [1.82, 2.24) is 20.1 Å². The Morgan fingerprint density at radius 3 is 2.61 bits per heavy atom. The molecule has 1 N–H and O–H groups in total. The third kappa shape index (κ3) is 5.71. The van der Waals surface area contributed by atoms with Gasteiger partial charge in [0.2, 0.25) is 5.91 Å². The number of hydrogen-bond donors (Lipinski definition) is 1. The van der Waals surface area contributed by atoms with Crippen molar-refractivity contribution in [3.05, 3.63) is 70.8 Å². The lowest BCUT2D eigenvalue weighted by Crippen LogP contribution is -2.24. The second-order valence-electron chi connectivity index (χ2n) is 5.89. The van der Waals surface area contributed by atoms with Gasteiger partial charge < -0.3 is 14.6 Å². The predicted molar refractivity (Wildman–Crippen MR) is 106 cm³/mol. The lowest BCUT2D eigenvalue weighted by atomic mass is 10.2. The van der Waals surface area contributed by atoms with Crippen molar-refractivity contribution in [3.8, 4) is 5.75 Å². The van der Waals surface area contributed by atoms with Crippen LogP contribution in [0.15, 0.2) is 53.7 Å². The molecule has 9 heteroatoms. The fourth-order valence-corrected chi connectivity index (χ4v) is 3.15. The predicted octanol–water partition coefficient (Wildman–Crippen LogP) is 3.60. The SMILES string of the molecule is Cn1c(COc2ccc(F)cc2)nnc1SCC(=O)NCc1ccc(Cl)cc1. The molecule has 0 aliphatic carbocycles. The van der Waals surface area contributed by atoms with Crippen molar-refractivity contribution in [3.63, 3.8) is 0 Å². The van der Waals surface area contributed by atoms with Crippen LogP contribution in [0.4, 0.5) is 4.39 Å². The van der Waals surface area contributed by atoms with Crippen LogP contribution >= 0.6 is 23.4 Å². The highest BCUT2D eigenvalue weighted by Crippen LogP contribution is 2.17. The van der Waals surface area contributed by atoms with E-state index in [1.54, 1.807) is 35.9 Å². The first-order valence-corrected chi connectivity index (χ1v) is 9.78.